The van der Waals surface area contributed by atoms with Crippen molar-refractivity contribution in [1.29, 1.82) is 0 Å². The van der Waals surface area contributed by atoms with Crippen molar-refractivity contribution < 1.29 is 47.3 Å². The molecule has 3 aromatic rings. The average molecular weight is 694 g/mol. The molecule has 0 saturated heterocycles. The summed E-state index contributed by atoms with van der Waals surface area (Å²) in [5.41, 5.74) is 1.42. The van der Waals surface area contributed by atoms with Crippen LogP contribution in [0.15, 0.2) is 65.1 Å². The fraction of sp³-hybridized carbons (Fsp3) is 0.486. The number of esters is 1. The number of fused-ring (bicyclic) bond motifs is 1. The Hall–Kier alpha value is -5.07. The van der Waals surface area contributed by atoms with Crippen molar-refractivity contribution in [2.45, 2.75) is 89.4 Å². The lowest BCUT2D eigenvalue weighted by Crippen LogP contribution is -2.47. The zero-order chi connectivity index (χ0) is 35.4. The average Bonchev–Trinajstić information content (AvgIpc) is 3.57. The van der Waals surface area contributed by atoms with Gasteiger partial charge in [0.1, 0.15) is 37.5 Å². The maximum absolute atomic E-state index is 13.1. The molecule has 1 aliphatic rings. The van der Waals surface area contributed by atoms with Crippen molar-refractivity contribution >= 4 is 41.0 Å². The zero-order valence-electron chi connectivity index (χ0n) is 28.3. The molecule has 50 heavy (non-hydrogen) atoms. The van der Waals surface area contributed by atoms with Crippen LogP contribution in [0, 0.1) is 0 Å². The number of carbonyl (C=O) groups is 5. The summed E-state index contributed by atoms with van der Waals surface area (Å²) in [7, 11) is 0. The van der Waals surface area contributed by atoms with E-state index in [9.17, 15) is 24.0 Å². The predicted molar refractivity (Wildman–Crippen MR) is 183 cm³/mol. The van der Waals surface area contributed by atoms with Crippen molar-refractivity contribution in [3.63, 3.8) is 0 Å². The Morgan fingerprint density at radius 1 is 0.780 bits per heavy atom. The van der Waals surface area contributed by atoms with Crippen LogP contribution in [-0.2, 0) is 35.1 Å². The molecule has 2 aromatic carbocycles. The highest BCUT2D eigenvalue weighted by Gasteiger charge is 2.23. The molecule has 0 unspecified atom stereocenters. The molecule has 1 heterocycles. The van der Waals surface area contributed by atoms with Crippen molar-refractivity contribution in [1.82, 2.24) is 16.0 Å². The minimum Gasteiger partial charge on any atom is -0.462 e. The second kappa shape index (κ2) is 21.1. The van der Waals surface area contributed by atoms with E-state index in [2.05, 4.69) is 16.0 Å². The molecule has 1 atom stereocenters. The SMILES string of the molecule is O=C(CCCCCNC(=O)[C@H](CCCNC(=O)OCc1ccccc1)NC(=O)c1cc2ccccc2o1)OCCOC(=O)OC1CCCCC1. The minimum absolute atomic E-state index is 0.0415. The van der Waals surface area contributed by atoms with Crippen LogP contribution < -0.4 is 16.0 Å². The summed E-state index contributed by atoms with van der Waals surface area (Å²) >= 11 is 0. The van der Waals surface area contributed by atoms with Gasteiger partial charge in [-0.2, -0.15) is 0 Å². The van der Waals surface area contributed by atoms with Gasteiger partial charge in [0, 0.05) is 24.9 Å². The van der Waals surface area contributed by atoms with Crippen molar-refractivity contribution in [3.05, 3.63) is 72.0 Å². The first-order chi connectivity index (χ1) is 24.4. The molecule has 3 N–H and O–H groups in total. The molecule has 0 radical (unpaired) electrons. The predicted octanol–water partition coefficient (Wildman–Crippen LogP) is 5.94. The monoisotopic (exact) mass is 693 g/mol. The molecule has 1 fully saturated rings. The van der Waals surface area contributed by atoms with Gasteiger partial charge >= 0.3 is 18.2 Å². The van der Waals surface area contributed by atoms with Crippen molar-refractivity contribution in [3.8, 4) is 0 Å². The third kappa shape index (κ3) is 13.8. The van der Waals surface area contributed by atoms with E-state index in [-0.39, 0.29) is 57.0 Å². The van der Waals surface area contributed by atoms with E-state index in [1.807, 2.05) is 42.5 Å². The molecule has 13 nitrogen and oxygen atoms in total. The molecule has 1 aromatic heterocycles. The van der Waals surface area contributed by atoms with Gasteiger partial charge in [0.2, 0.25) is 5.91 Å². The van der Waals surface area contributed by atoms with Gasteiger partial charge in [0.15, 0.2) is 5.76 Å². The number of hydrogen-bond donors (Lipinski definition) is 3. The number of ether oxygens (including phenoxy) is 4. The molecule has 270 valence electrons. The summed E-state index contributed by atoms with van der Waals surface area (Å²) in [5.74, 6) is -1.21. The number of benzene rings is 2. The molecular formula is C37H47N3O10. The molecule has 0 spiro atoms. The second-order valence-electron chi connectivity index (χ2n) is 12.1. The number of rotatable bonds is 19. The van der Waals surface area contributed by atoms with E-state index >= 15 is 0 Å². The van der Waals surface area contributed by atoms with E-state index in [1.54, 1.807) is 18.2 Å². The number of furan rings is 1. The fourth-order valence-electron chi connectivity index (χ4n) is 5.47. The van der Waals surface area contributed by atoms with Gasteiger partial charge in [-0.1, -0.05) is 61.4 Å². The highest BCUT2D eigenvalue weighted by molar-refractivity contribution is 5.98. The number of para-hydroxylation sites is 1. The fourth-order valence-corrected chi connectivity index (χ4v) is 5.47. The first kappa shape index (κ1) is 37.7. The number of carbonyl (C=O) groups excluding carboxylic acids is 5. The van der Waals surface area contributed by atoms with Crippen LogP contribution in [0.5, 0.6) is 0 Å². The van der Waals surface area contributed by atoms with Crippen molar-refractivity contribution in [2.75, 3.05) is 26.3 Å². The molecule has 4 rings (SSSR count). The first-order valence-electron chi connectivity index (χ1n) is 17.4. The second-order valence-corrected chi connectivity index (χ2v) is 12.1. The minimum atomic E-state index is -0.880. The number of unbranched alkanes of at least 4 members (excludes halogenated alkanes) is 2. The van der Waals surface area contributed by atoms with Gasteiger partial charge in [-0.15, -0.1) is 0 Å². The highest BCUT2D eigenvalue weighted by Crippen LogP contribution is 2.21. The quantitative estimate of drug-likeness (QED) is 0.0775. The smallest absolute Gasteiger partial charge is 0.462 e. The largest absolute Gasteiger partial charge is 0.508 e. The summed E-state index contributed by atoms with van der Waals surface area (Å²) in [6.07, 6.45) is 6.19. The van der Waals surface area contributed by atoms with Gasteiger partial charge in [-0.05, 0) is 69.1 Å². The van der Waals surface area contributed by atoms with Gasteiger partial charge in [0.05, 0.1) is 0 Å². The molecule has 0 bridgehead atoms. The van der Waals surface area contributed by atoms with Crippen LogP contribution in [0.3, 0.4) is 0 Å². The lowest BCUT2D eigenvalue weighted by atomic mass is 9.98. The molecule has 13 heteroatoms. The van der Waals surface area contributed by atoms with Crippen LogP contribution in [0.1, 0.15) is 86.7 Å². The first-order valence-corrected chi connectivity index (χ1v) is 17.4. The van der Waals surface area contributed by atoms with E-state index < -0.39 is 30.2 Å². The van der Waals surface area contributed by atoms with Gasteiger partial charge in [0.25, 0.3) is 5.91 Å². The zero-order valence-corrected chi connectivity index (χ0v) is 28.3. The van der Waals surface area contributed by atoms with E-state index in [4.69, 9.17) is 23.4 Å². The summed E-state index contributed by atoms with van der Waals surface area (Å²) in [6, 6.07) is 17.3. The van der Waals surface area contributed by atoms with Gasteiger partial charge in [-0.25, -0.2) is 9.59 Å². The summed E-state index contributed by atoms with van der Waals surface area (Å²) in [6.45, 7) is 0.613. The number of nitrogens with one attached hydrogen (secondary N) is 3. The van der Waals surface area contributed by atoms with E-state index in [0.717, 1.165) is 43.1 Å². The van der Waals surface area contributed by atoms with E-state index in [0.29, 0.717) is 37.8 Å². The Bertz CT molecular complexity index is 1490. The maximum Gasteiger partial charge on any atom is 0.508 e. The maximum atomic E-state index is 13.1. The lowest BCUT2D eigenvalue weighted by Gasteiger charge is -2.21. The Morgan fingerprint density at radius 2 is 1.52 bits per heavy atom. The Labute approximate surface area is 291 Å². The van der Waals surface area contributed by atoms with Crippen LogP contribution in [0.25, 0.3) is 11.0 Å². The van der Waals surface area contributed by atoms with Crippen LogP contribution in [-0.4, -0.2) is 68.5 Å². The van der Waals surface area contributed by atoms with Crippen LogP contribution in [0.4, 0.5) is 9.59 Å². The number of hydrogen-bond acceptors (Lipinski definition) is 10. The standard InChI is InChI=1S/C37H47N3O10/c41-33(46-23-24-47-37(45)49-29-16-6-2-7-17-29)20-8-3-11-21-38-34(42)30(40-35(43)32-25-28-15-9-10-19-31(28)50-32)18-12-22-39-36(44)48-26-27-13-4-1-5-14-27/h1,4-5,9-10,13-15,19,25,29-30H,2-3,6-8,11-12,16-18,20-24,26H2,(H,38,42)(H,39,44)(H,40,43)/t30-/m0/s1. The lowest BCUT2D eigenvalue weighted by molar-refractivity contribution is -0.145. The third-order valence-electron chi connectivity index (χ3n) is 8.16. The normalized spacial score (nSPS) is 13.5. The summed E-state index contributed by atoms with van der Waals surface area (Å²) in [5, 5.41) is 9.05. The van der Waals surface area contributed by atoms with Gasteiger partial charge < -0.3 is 39.3 Å². The Morgan fingerprint density at radius 3 is 2.32 bits per heavy atom. The van der Waals surface area contributed by atoms with Crippen LogP contribution in [0.2, 0.25) is 0 Å². The summed E-state index contributed by atoms with van der Waals surface area (Å²) < 4.78 is 26.3. The molecule has 1 saturated carbocycles. The Kier molecular flexibility index (Phi) is 15.9. The molecule has 1 aliphatic carbocycles. The molecular weight excluding hydrogens is 646 g/mol. The van der Waals surface area contributed by atoms with Crippen molar-refractivity contribution in [2.24, 2.45) is 0 Å². The molecule has 0 aliphatic heterocycles. The topological polar surface area (TPSA) is 172 Å². The third-order valence-corrected chi connectivity index (χ3v) is 8.16. The van der Waals surface area contributed by atoms with Gasteiger partial charge in [-0.3, -0.25) is 14.4 Å². The Balaban J connectivity index is 1.12. The number of amides is 3. The number of alkyl carbamates (subject to hydrolysis) is 1. The molecule has 3 amide bonds. The van der Waals surface area contributed by atoms with Crippen LogP contribution >= 0.6 is 0 Å². The summed E-state index contributed by atoms with van der Waals surface area (Å²) in [4.78, 5) is 62.1. The highest BCUT2D eigenvalue weighted by atomic mass is 16.7. The van der Waals surface area contributed by atoms with E-state index in [1.165, 1.54) is 0 Å².